The van der Waals surface area contributed by atoms with E-state index < -0.39 is 6.10 Å². The van der Waals surface area contributed by atoms with E-state index in [0.29, 0.717) is 24.4 Å². The van der Waals surface area contributed by atoms with Crippen molar-refractivity contribution in [2.45, 2.75) is 39.7 Å². The van der Waals surface area contributed by atoms with Crippen molar-refractivity contribution in [2.24, 2.45) is 5.92 Å². The van der Waals surface area contributed by atoms with Crippen molar-refractivity contribution in [3.8, 4) is 0 Å². The molecule has 0 spiro atoms. The average Bonchev–Trinajstić information content (AvgIpc) is 2.66. The Morgan fingerprint density at radius 2 is 2.22 bits per heavy atom. The number of H-pyrrole nitrogens is 1. The number of rotatable bonds is 6. The normalized spacial score (nSPS) is 12.7. The van der Waals surface area contributed by atoms with Gasteiger partial charge in [-0.25, -0.2) is 0 Å². The van der Waals surface area contributed by atoms with Crippen molar-refractivity contribution in [2.75, 3.05) is 12.3 Å². The summed E-state index contributed by atoms with van der Waals surface area (Å²) < 4.78 is 0. The van der Waals surface area contributed by atoms with E-state index in [0.717, 1.165) is 5.69 Å². The predicted molar refractivity (Wildman–Crippen MR) is 70.2 cm³/mol. The van der Waals surface area contributed by atoms with Crippen LogP contribution in [0.2, 0.25) is 0 Å². The Morgan fingerprint density at radius 1 is 1.56 bits per heavy atom. The number of anilines is 1. The number of aliphatic hydroxyl groups excluding tert-OH is 1. The lowest BCUT2D eigenvalue weighted by molar-refractivity contribution is 0.0896. The zero-order valence-corrected chi connectivity index (χ0v) is 11.2. The van der Waals surface area contributed by atoms with Gasteiger partial charge < -0.3 is 16.2 Å². The molecule has 1 unspecified atom stereocenters. The summed E-state index contributed by atoms with van der Waals surface area (Å²) in [6.07, 6.45) is 0.804. The lowest BCUT2D eigenvalue weighted by atomic mass is 10.1. The van der Waals surface area contributed by atoms with E-state index in [1.165, 1.54) is 0 Å². The minimum absolute atomic E-state index is 0.198. The van der Waals surface area contributed by atoms with Crippen molar-refractivity contribution in [1.82, 2.24) is 15.5 Å². The minimum atomic E-state index is -0.542. The van der Waals surface area contributed by atoms with Crippen LogP contribution >= 0.6 is 0 Å². The van der Waals surface area contributed by atoms with Gasteiger partial charge in [0, 0.05) is 6.54 Å². The first-order valence-electron chi connectivity index (χ1n) is 6.24. The van der Waals surface area contributed by atoms with Gasteiger partial charge in [-0.3, -0.25) is 9.89 Å². The largest absolute Gasteiger partial charge is 0.395 e. The number of nitrogen functional groups attached to an aromatic ring is 1. The van der Waals surface area contributed by atoms with Crippen LogP contribution in [0.3, 0.4) is 0 Å². The molecule has 1 heterocycles. The molecule has 1 aromatic heterocycles. The van der Waals surface area contributed by atoms with Gasteiger partial charge in [0.05, 0.1) is 17.5 Å². The van der Waals surface area contributed by atoms with Crippen LogP contribution < -0.4 is 11.1 Å². The van der Waals surface area contributed by atoms with Crippen molar-refractivity contribution < 1.29 is 9.90 Å². The zero-order valence-electron chi connectivity index (χ0n) is 11.2. The van der Waals surface area contributed by atoms with Crippen LogP contribution in [0.15, 0.2) is 0 Å². The van der Waals surface area contributed by atoms with E-state index in [1.54, 1.807) is 0 Å². The molecule has 0 saturated carbocycles. The highest BCUT2D eigenvalue weighted by Gasteiger charge is 2.17. The average molecular weight is 254 g/mol. The van der Waals surface area contributed by atoms with Gasteiger partial charge in [-0.15, -0.1) is 0 Å². The molecule has 102 valence electrons. The van der Waals surface area contributed by atoms with E-state index in [2.05, 4.69) is 15.5 Å². The zero-order chi connectivity index (χ0) is 13.7. The summed E-state index contributed by atoms with van der Waals surface area (Å²) in [4.78, 5) is 11.8. The van der Waals surface area contributed by atoms with Crippen molar-refractivity contribution in [3.05, 3.63) is 11.4 Å². The fraction of sp³-hybridized carbons (Fsp3) is 0.667. The molecular weight excluding hydrogens is 232 g/mol. The number of nitrogens with zero attached hydrogens (tertiary/aromatic N) is 1. The van der Waals surface area contributed by atoms with Crippen LogP contribution in [-0.4, -0.2) is 33.9 Å². The molecular formula is C12H22N4O2. The van der Waals surface area contributed by atoms with E-state index in [4.69, 9.17) is 5.73 Å². The fourth-order valence-corrected chi connectivity index (χ4v) is 1.75. The molecule has 1 aromatic rings. The summed E-state index contributed by atoms with van der Waals surface area (Å²) in [6, 6.07) is 0. The number of amides is 1. The second-order valence-electron chi connectivity index (χ2n) is 4.81. The maximum atomic E-state index is 11.8. The molecule has 6 nitrogen and oxygen atoms in total. The van der Waals surface area contributed by atoms with Crippen LogP contribution in [0, 0.1) is 5.92 Å². The summed E-state index contributed by atoms with van der Waals surface area (Å²) in [6.45, 7) is 6.18. The predicted octanol–water partition coefficient (Wildman–Crippen LogP) is 0.691. The lowest BCUT2D eigenvalue weighted by Gasteiger charge is -2.13. The molecule has 0 aromatic carbocycles. The standard InChI is InChI=1S/C12H22N4O2/c1-4-9-10(13)11(16-15-9)12(18)14-6-8(17)5-7(2)3/h7-8,17H,4-6,13H2,1-3H3,(H,14,18)(H,15,16). The van der Waals surface area contributed by atoms with Gasteiger partial charge in [0.15, 0.2) is 5.69 Å². The highest BCUT2D eigenvalue weighted by Crippen LogP contribution is 2.14. The summed E-state index contributed by atoms with van der Waals surface area (Å²) in [7, 11) is 0. The third-order valence-corrected chi connectivity index (χ3v) is 2.69. The monoisotopic (exact) mass is 254 g/mol. The molecule has 0 saturated heterocycles. The Balaban J connectivity index is 2.52. The van der Waals surface area contributed by atoms with Crippen molar-refractivity contribution >= 4 is 11.6 Å². The van der Waals surface area contributed by atoms with E-state index in [-0.39, 0.29) is 18.1 Å². The Kier molecular flexibility index (Phi) is 5.15. The Hall–Kier alpha value is -1.56. The van der Waals surface area contributed by atoms with Crippen LogP contribution in [0.1, 0.15) is 43.4 Å². The van der Waals surface area contributed by atoms with Crippen molar-refractivity contribution in [3.63, 3.8) is 0 Å². The van der Waals surface area contributed by atoms with Gasteiger partial charge in [0.25, 0.3) is 5.91 Å². The maximum Gasteiger partial charge on any atom is 0.274 e. The topological polar surface area (TPSA) is 104 Å². The van der Waals surface area contributed by atoms with E-state index in [1.807, 2.05) is 20.8 Å². The molecule has 1 atom stereocenters. The summed E-state index contributed by atoms with van der Waals surface area (Å²) in [5.74, 6) is 0.0327. The Labute approximate surface area is 107 Å². The number of nitrogens with two attached hydrogens (primary N) is 1. The molecule has 1 rings (SSSR count). The van der Waals surface area contributed by atoms with Gasteiger partial charge >= 0.3 is 0 Å². The highest BCUT2D eigenvalue weighted by atomic mass is 16.3. The second-order valence-corrected chi connectivity index (χ2v) is 4.81. The summed E-state index contributed by atoms with van der Waals surface area (Å²) in [5, 5.41) is 18.9. The molecule has 0 fully saturated rings. The smallest absolute Gasteiger partial charge is 0.274 e. The number of carbonyl (C=O) groups is 1. The number of aliphatic hydroxyl groups is 1. The van der Waals surface area contributed by atoms with Crippen LogP contribution in [0.5, 0.6) is 0 Å². The molecule has 0 aliphatic heterocycles. The Bertz CT molecular complexity index is 401. The molecule has 18 heavy (non-hydrogen) atoms. The number of aryl methyl sites for hydroxylation is 1. The number of aromatic nitrogens is 2. The molecule has 1 amide bonds. The fourth-order valence-electron chi connectivity index (χ4n) is 1.75. The third kappa shape index (κ3) is 3.73. The molecule has 6 heteroatoms. The van der Waals surface area contributed by atoms with E-state index >= 15 is 0 Å². The van der Waals surface area contributed by atoms with Gasteiger partial charge in [0.1, 0.15) is 0 Å². The molecule has 0 aliphatic carbocycles. The molecule has 0 radical (unpaired) electrons. The number of aromatic amines is 1. The quantitative estimate of drug-likeness (QED) is 0.599. The number of hydrogen-bond acceptors (Lipinski definition) is 4. The highest BCUT2D eigenvalue weighted by molar-refractivity contribution is 5.97. The third-order valence-electron chi connectivity index (χ3n) is 2.69. The van der Waals surface area contributed by atoms with Crippen LogP contribution in [0.25, 0.3) is 0 Å². The van der Waals surface area contributed by atoms with Gasteiger partial charge in [-0.05, 0) is 18.8 Å². The number of hydrogen-bond donors (Lipinski definition) is 4. The first-order valence-corrected chi connectivity index (χ1v) is 6.24. The van der Waals surface area contributed by atoms with Gasteiger partial charge in [-0.1, -0.05) is 20.8 Å². The van der Waals surface area contributed by atoms with Gasteiger partial charge in [-0.2, -0.15) is 5.10 Å². The molecule has 0 bridgehead atoms. The Morgan fingerprint density at radius 3 is 2.72 bits per heavy atom. The first kappa shape index (κ1) is 14.5. The van der Waals surface area contributed by atoms with E-state index in [9.17, 15) is 9.90 Å². The van der Waals surface area contributed by atoms with Gasteiger partial charge in [0.2, 0.25) is 0 Å². The molecule has 5 N–H and O–H groups in total. The molecule has 0 aliphatic rings. The maximum absolute atomic E-state index is 11.8. The number of carbonyl (C=O) groups excluding carboxylic acids is 1. The second kappa shape index (κ2) is 6.39. The summed E-state index contributed by atoms with van der Waals surface area (Å²) >= 11 is 0. The first-order chi connectivity index (χ1) is 8.45. The van der Waals surface area contributed by atoms with Crippen LogP contribution in [0.4, 0.5) is 5.69 Å². The summed E-state index contributed by atoms with van der Waals surface area (Å²) in [5.41, 5.74) is 7.12. The SMILES string of the molecule is CCc1[nH]nc(C(=O)NCC(O)CC(C)C)c1N. The van der Waals surface area contributed by atoms with Crippen LogP contribution in [-0.2, 0) is 6.42 Å². The lowest BCUT2D eigenvalue weighted by Crippen LogP contribution is -2.33. The van der Waals surface area contributed by atoms with Crippen molar-refractivity contribution in [1.29, 1.82) is 0 Å². The minimum Gasteiger partial charge on any atom is -0.395 e. The number of nitrogens with one attached hydrogen (secondary N) is 2.